The Morgan fingerprint density at radius 1 is 1.45 bits per heavy atom. The van der Waals surface area contributed by atoms with Crippen LogP contribution in [0.2, 0.25) is 0 Å². The van der Waals surface area contributed by atoms with Crippen molar-refractivity contribution in [1.82, 2.24) is 14.8 Å². The highest BCUT2D eigenvalue weighted by atomic mass is 79.9. The Morgan fingerprint density at radius 3 is 2.80 bits per heavy atom. The molecule has 0 spiro atoms. The summed E-state index contributed by atoms with van der Waals surface area (Å²) in [6.07, 6.45) is 2.30. The van der Waals surface area contributed by atoms with Gasteiger partial charge in [-0.1, -0.05) is 15.9 Å². The van der Waals surface area contributed by atoms with Crippen LogP contribution in [0.5, 0.6) is 5.75 Å². The van der Waals surface area contributed by atoms with Crippen LogP contribution >= 0.6 is 15.9 Å². The van der Waals surface area contributed by atoms with E-state index in [1.165, 1.54) is 6.33 Å². The lowest BCUT2D eigenvalue weighted by Crippen LogP contribution is -2.18. The zero-order chi connectivity index (χ0) is 14.7. The Morgan fingerprint density at radius 2 is 2.20 bits per heavy atom. The van der Waals surface area contributed by atoms with E-state index in [9.17, 15) is 0 Å². The molecule has 2 aromatic rings. The summed E-state index contributed by atoms with van der Waals surface area (Å²) >= 11 is 3.52. The molecule has 0 fully saturated rings. The van der Waals surface area contributed by atoms with Crippen LogP contribution < -0.4 is 10.5 Å². The molecule has 1 heterocycles. The van der Waals surface area contributed by atoms with Gasteiger partial charge in [-0.25, -0.2) is 4.98 Å². The predicted octanol–water partition coefficient (Wildman–Crippen LogP) is 2.35. The third-order valence-corrected chi connectivity index (χ3v) is 3.47. The van der Waals surface area contributed by atoms with Crippen molar-refractivity contribution in [1.29, 1.82) is 0 Å². The van der Waals surface area contributed by atoms with E-state index >= 15 is 0 Å². The Kier molecular flexibility index (Phi) is 4.77. The van der Waals surface area contributed by atoms with Crippen molar-refractivity contribution in [2.45, 2.75) is 32.9 Å². The zero-order valence-corrected chi connectivity index (χ0v) is 13.5. The van der Waals surface area contributed by atoms with Crippen LogP contribution in [-0.2, 0) is 20.1 Å². The third-order valence-electron chi connectivity index (χ3n) is 3.01. The first-order valence-electron chi connectivity index (χ1n) is 6.47. The van der Waals surface area contributed by atoms with E-state index in [1.54, 1.807) is 4.68 Å². The van der Waals surface area contributed by atoms with Gasteiger partial charge in [0, 0.05) is 17.6 Å². The molecule has 0 amide bonds. The number of rotatable bonds is 5. The molecule has 108 valence electrons. The topological polar surface area (TPSA) is 66.0 Å². The quantitative estimate of drug-likeness (QED) is 0.908. The second kappa shape index (κ2) is 6.37. The zero-order valence-electron chi connectivity index (χ0n) is 11.9. The number of aromatic nitrogens is 3. The first-order chi connectivity index (χ1) is 9.47. The minimum absolute atomic E-state index is 0.0841. The number of benzene rings is 1. The summed E-state index contributed by atoms with van der Waals surface area (Å²) in [7, 11) is 1.85. The van der Waals surface area contributed by atoms with Crippen molar-refractivity contribution in [3.8, 4) is 5.75 Å². The fourth-order valence-electron chi connectivity index (χ4n) is 2.09. The second-order valence-electron chi connectivity index (χ2n) is 4.98. The van der Waals surface area contributed by atoms with Gasteiger partial charge in [-0.05, 0) is 43.5 Å². The highest BCUT2D eigenvalue weighted by Crippen LogP contribution is 2.29. The lowest BCUT2D eigenvalue weighted by molar-refractivity contribution is 0.284. The van der Waals surface area contributed by atoms with Gasteiger partial charge in [0.1, 0.15) is 18.7 Å². The third kappa shape index (κ3) is 3.58. The molecule has 0 radical (unpaired) electrons. The SMILES string of the molecule is Cc1cc(Br)cc(CC(C)N)c1OCc1ncnn1C. The van der Waals surface area contributed by atoms with Crippen molar-refractivity contribution < 1.29 is 4.74 Å². The number of aryl methyl sites for hydroxylation is 2. The summed E-state index contributed by atoms with van der Waals surface area (Å²) in [5, 5.41) is 4.03. The minimum Gasteiger partial charge on any atom is -0.485 e. The summed E-state index contributed by atoms with van der Waals surface area (Å²) < 4.78 is 8.70. The predicted molar refractivity (Wildman–Crippen MR) is 81.6 cm³/mol. The standard InChI is InChI=1S/C14H19BrN4O/c1-9-4-12(15)6-11(5-10(2)16)14(9)20-7-13-17-8-18-19(13)3/h4,6,8,10H,5,7,16H2,1-3H3. The van der Waals surface area contributed by atoms with E-state index in [1.807, 2.05) is 27.0 Å². The monoisotopic (exact) mass is 338 g/mol. The second-order valence-corrected chi connectivity index (χ2v) is 5.90. The highest BCUT2D eigenvalue weighted by Gasteiger charge is 2.12. The molecule has 20 heavy (non-hydrogen) atoms. The molecule has 0 saturated carbocycles. The molecule has 5 nitrogen and oxygen atoms in total. The summed E-state index contributed by atoms with van der Waals surface area (Å²) in [6.45, 7) is 4.41. The number of nitrogens with zero attached hydrogens (tertiary/aromatic N) is 3. The highest BCUT2D eigenvalue weighted by molar-refractivity contribution is 9.10. The smallest absolute Gasteiger partial charge is 0.164 e. The van der Waals surface area contributed by atoms with Gasteiger partial charge in [-0.15, -0.1) is 0 Å². The van der Waals surface area contributed by atoms with Crippen LogP contribution in [0.4, 0.5) is 0 Å². The molecular weight excluding hydrogens is 320 g/mol. The average Bonchev–Trinajstić information content (AvgIpc) is 2.73. The molecule has 1 atom stereocenters. The first-order valence-corrected chi connectivity index (χ1v) is 7.27. The lowest BCUT2D eigenvalue weighted by Gasteiger charge is -2.16. The lowest BCUT2D eigenvalue weighted by atomic mass is 10.0. The van der Waals surface area contributed by atoms with Gasteiger partial charge in [-0.2, -0.15) is 5.10 Å². The van der Waals surface area contributed by atoms with E-state index in [4.69, 9.17) is 10.5 Å². The fraction of sp³-hybridized carbons (Fsp3) is 0.429. The Balaban J connectivity index is 2.23. The molecule has 0 aliphatic carbocycles. The van der Waals surface area contributed by atoms with Crippen LogP contribution in [0.25, 0.3) is 0 Å². The van der Waals surface area contributed by atoms with Crippen LogP contribution in [0, 0.1) is 6.92 Å². The van der Waals surface area contributed by atoms with Crippen molar-refractivity contribution in [2.24, 2.45) is 12.8 Å². The molecule has 1 unspecified atom stereocenters. The minimum atomic E-state index is 0.0841. The van der Waals surface area contributed by atoms with Gasteiger partial charge in [0.05, 0.1) is 0 Å². The molecule has 0 saturated heterocycles. The first kappa shape index (κ1) is 15.0. The Hall–Kier alpha value is -1.40. The van der Waals surface area contributed by atoms with Gasteiger partial charge >= 0.3 is 0 Å². The molecule has 6 heteroatoms. The average molecular weight is 339 g/mol. The molecule has 0 aliphatic heterocycles. The van der Waals surface area contributed by atoms with Crippen LogP contribution in [0.1, 0.15) is 23.9 Å². The van der Waals surface area contributed by atoms with Gasteiger partial charge in [0.25, 0.3) is 0 Å². The van der Waals surface area contributed by atoms with Gasteiger partial charge in [-0.3, -0.25) is 4.68 Å². The van der Waals surface area contributed by atoms with Gasteiger partial charge in [0.15, 0.2) is 5.82 Å². The largest absolute Gasteiger partial charge is 0.485 e. The Bertz CT molecular complexity index is 595. The molecule has 2 rings (SSSR count). The van der Waals surface area contributed by atoms with Crippen molar-refractivity contribution in [3.05, 3.63) is 39.9 Å². The number of hydrogen-bond acceptors (Lipinski definition) is 4. The van der Waals surface area contributed by atoms with E-state index in [2.05, 4.69) is 32.1 Å². The molecule has 2 N–H and O–H groups in total. The van der Waals surface area contributed by atoms with E-state index in [0.717, 1.165) is 33.6 Å². The molecule has 0 aliphatic rings. The van der Waals surface area contributed by atoms with Crippen molar-refractivity contribution in [3.63, 3.8) is 0 Å². The summed E-state index contributed by atoms with van der Waals surface area (Å²) in [5.74, 6) is 1.67. The number of hydrogen-bond donors (Lipinski definition) is 1. The van der Waals surface area contributed by atoms with Crippen LogP contribution in [-0.4, -0.2) is 20.8 Å². The maximum absolute atomic E-state index is 5.95. The van der Waals surface area contributed by atoms with Crippen molar-refractivity contribution in [2.75, 3.05) is 0 Å². The summed E-state index contributed by atoms with van der Waals surface area (Å²) in [4.78, 5) is 4.16. The number of halogens is 1. The Labute approximate surface area is 127 Å². The normalized spacial score (nSPS) is 12.4. The summed E-state index contributed by atoms with van der Waals surface area (Å²) in [6, 6.07) is 4.18. The number of nitrogens with two attached hydrogens (primary N) is 1. The van der Waals surface area contributed by atoms with Gasteiger partial charge < -0.3 is 10.5 Å². The number of ether oxygens (including phenoxy) is 1. The van der Waals surface area contributed by atoms with E-state index < -0.39 is 0 Å². The molecule has 1 aromatic heterocycles. The fourth-order valence-corrected chi connectivity index (χ4v) is 2.71. The molecule has 1 aromatic carbocycles. The summed E-state index contributed by atoms with van der Waals surface area (Å²) in [5.41, 5.74) is 8.10. The molecular formula is C14H19BrN4O. The van der Waals surface area contributed by atoms with Gasteiger partial charge in [0.2, 0.25) is 0 Å². The van der Waals surface area contributed by atoms with E-state index in [0.29, 0.717) is 6.61 Å². The van der Waals surface area contributed by atoms with Crippen LogP contribution in [0.15, 0.2) is 22.9 Å². The van der Waals surface area contributed by atoms with E-state index in [-0.39, 0.29) is 6.04 Å². The molecule has 0 bridgehead atoms. The van der Waals surface area contributed by atoms with Crippen LogP contribution in [0.3, 0.4) is 0 Å². The maximum Gasteiger partial charge on any atom is 0.164 e. The van der Waals surface area contributed by atoms with Crippen molar-refractivity contribution >= 4 is 15.9 Å². The maximum atomic E-state index is 5.95.